The van der Waals surface area contributed by atoms with Crippen LogP contribution in [0, 0.1) is 0 Å². The van der Waals surface area contributed by atoms with Gasteiger partial charge in [-0.15, -0.1) is 11.3 Å². The van der Waals surface area contributed by atoms with E-state index in [1.165, 1.54) is 4.88 Å². The van der Waals surface area contributed by atoms with Crippen molar-refractivity contribution in [1.82, 2.24) is 4.90 Å². The molecule has 1 aromatic heterocycles. The molecule has 112 valence electrons. The zero-order chi connectivity index (χ0) is 14.2. The molecule has 2 rings (SSSR count). The minimum Gasteiger partial charge on any atom is -0.376 e. The van der Waals surface area contributed by atoms with Crippen LogP contribution in [0.15, 0.2) is 17.5 Å². The molecule has 2 heterocycles. The summed E-state index contributed by atoms with van der Waals surface area (Å²) in [6, 6.07) is 4.11. The van der Waals surface area contributed by atoms with Crippen molar-refractivity contribution >= 4 is 17.2 Å². The van der Waals surface area contributed by atoms with Crippen molar-refractivity contribution in [1.29, 1.82) is 0 Å². The summed E-state index contributed by atoms with van der Waals surface area (Å²) in [5, 5.41) is 2.05. The fraction of sp³-hybridized carbons (Fsp3) is 0.667. The third-order valence-electron chi connectivity index (χ3n) is 3.57. The quantitative estimate of drug-likeness (QED) is 0.749. The molecule has 1 aromatic rings. The van der Waals surface area contributed by atoms with Crippen LogP contribution in [0.3, 0.4) is 0 Å². The van der Waals surface area contributed by atoms with E-state index in [0.29, 0.717) is 19.5 Å². The van der Waals surface area contributed by atoms with Crippen molar-refractivity contribution in [2.45, 2.75) is 44.8 Å². The molecule has 0 aliphatic carbocycles. The zero-order valence-corrected chi connectivity index (χ0v) is 12.7. The minimum atomic E-state index is 0.216. The number of unbranched alkanes of at least 4 members (excludes halogenated alkanes) is 1. The van der Waals surface area contributed by atoms with E-state index < -0.39 is 0 Å². The van der Waals surface area contributed by atoms with Gasteiger partial charge in [0.25, 0.3) is 0 Å². The first-order valence-electron chi connectivity index (χ1n) is 7.41. The van der Waals surface area contributed by atoms with Crippen molar-refractivity contribution < 1.29 is 9.53 Å². The highest BCUT2D eigenvalue weighted by Gasteiger charge is 2.22. The summed E-state index contributed by atoms with van der Waals surface area (Å²) in [6.45, 7) is 2.92. The molecule has 4 nitrogen and oxygen atoms in total. The van der Waals surface area contributed by atoms with Crippen molar-refractivity contribution in [3.05, 3.63) is 22.4 Å². The molecule has 1 fully saturated rings. The van der Waals surface area contributed by atoms with E-state index in [9.17, 15) is 4.79 Å². The Hall–Kier alpha value is -0.910. The summed E-state index contributed by atoms with van der Waals surface area (Å²) in [6.07, 6.45) is 4.78. The highest BCUT2D eigenvalue weighted by molar-refractivity contribution is 7.09. The maximum absolute atomic E-state index is 12.4. The SMILES string of the molecule is NCCCCC(=O)N(Cc1cccs1)CC1CCCO1. The first kappa shape index (κ1) is 15.5. The number of rotatable bonds is 8. The smallest absolute Gasteiger partial charge is 0.222 e. The van der Waals surface area contributed by atoms with Crippen molar-refractivity contribution in [3.8, 4) is 0 Å². The van der Waals surface area contributed by atoms with Gasteiger partial charge < -0.3 is 15.4 Å². The van der Waals surface area contributed by atoms with Gasteiger partial charge in [0.05, 0.1) is 12.6 Å². The third kappa shape index (κ3) is 4.89. The van der Waals surface area contributed by atoms with Crippen LogP contribution in [-0.2, 0) is 16.1 Å². The fourth-order valence-corrected chi connectivity index (χ4v) is 3.18. The van der Waals surface area contributed by atoms with Gasteiger partial charge >= 0.3 is 0 Å². The van der Waals surface area contributed by atoms with Gasteiger partial charge in [-0.05, 0) is 43.7 Å². The molecule has 20 heavy (non-hydrogen) atoms. The Bertz CT molecular complexity index is 389. The third-order valence-corrected chi connectivity index (χ3v) is 4.43. The van der Waals surface area contributed by atoms with Crippen LogP contribution in [0.25, 0.3) is 0 Å². The van der Waals surface area contributed by atoms with E-state index in [2.05, 4.69) is 11.4 Å². The Balaban J connectivity index is 1.89. The van der Waals surface area contributed by atoms with Gasteiger partial charge in [0.15, 0.2) is 0 Å². The van der Waals surface area contributed by atoms with Crippen LogP contribution in [0.5, 0.6) is 0 Å². The summed E-state index contributed by atoms with van der Waals surface area (Å²) in [5.41, 5.74) is 5.49. The number of amides is 1. The van der Waals surface area contributed by atoms with E-state index >= 15 is 0 Å². The summed E-state index contributed by atoms with van der Waals surface area (Å²) in [5.74, 6) is 0.224. The van der Waals surface area contributed by atoms with Crippen LogP contribution >= 0.6 is 11.3 Å². The van der Waals surface area contributed by atoms with Gasteiger partial charge in [-0.1, -0.05) is 6.07 Å². The van der Waals surface area contributed by atoms with Crippen molar-refractivity contribution in [2.75, 3.05) is 19.7 Å². The average molecular weight is 296 g/mol. The van der Waals surface area contributed by atoms with Gasteiger partial charge in [-0.3, -0.25) is 4.79 Å². The number of thiophene rings is 1. The first-order chi connectivity index (χ1) is 9.79. The molecule has 0 saturated carbocycles. The number of hydrogen-bond acceptors (Lipinski definition) is 4. The van der Waals surface area contributed by atoms with Crippen LogP contribution in [-0.4, -0.2) is 36.6 Å². The molecule has 2 N–H and O–H groups in total. The molecule has 1 atom stereocenters. The first-order valence-corrected chi connectivity index (χ1v) is 8.29. The van der Waals surface area contributed by atoms with Gasteiger partial charge in [-0.25, -0.2) is 0 Å². The summed E-state index contributed by atoms with van der Waals surface area (Å²) in [4.78, 5) is 15.6. The van der Waals surface area contributed by atoms with Crippen LogP contribution in [0.2, 0.25) is 0 Å². The van der Waals surface area contributed by atoms with Crippen molar-refractivity contribution in [3.63, 3.8) is 0 Å². The second-order valence-electron chi connectivity index (χ2n) is 5.23. The molecule has 1 amide bonds. The monoisotopic (exact) mass is 296 g/mol. The average Bonchev–Trinajstić information content (AvgIpc) is 3.11. The second-order valence-corrected chi connectivity index (χ2v) is 6.27. The fourth-order valence-electron chi connectivity index (χ4n) is 2.46. The summed E-state index contributed by atoms with van der Waals surface area (Å²) in [7, 11) is 0. The molecular formula is C15H24N2O2S. The predicted octanol–water partition coefficient (Wildman–Crippen LogP) is 2.38. The second kappa shape index (κ2) is 8.39. The normalized spacial score (nSPS) is 18.4. The van der Waals surface area contributed by atoms with Crippen LogP contribution in [0.4, 0.5) is 0 Å². The topological polar surface area (TPSA) is 55.6 Å². The maximum Gasteiger partial charge on any atom is 0.222 e. The van der Waals surface area contributed by atoms with E-state index in [1.807, 2.05) is 11.0 Å². The molecule has 1 saturated heterocycles. The molecule has 0 bridgehead atoms. The number of nitrogens with zero attached hydrogens (tertiary/aromatic N) is 1. The van der Waals surface area contributed by atoms with Gasteiger partial charge in [0.2, 0.25) is 5.91 Å². The lowest BCUT2D eigenvalue weighted by Gasteiger charge is -2.25. The molecule has 0 radical (unpaired) electrons. The Morgan fingerprint density at radius 2 is 2.40 bits per heavy atom. The van der Waals surface area contributed by atoms with E-state index in [4.69, 9.17) is 10.5 Å². The minimum absolute atomic E-state index is 0.216. The Labute approximate surface area is 124 Å². The molecule has 1 aliphatic rings. The number of carbonyl (C=O) groups is 1. The van der Waals surface area contributed by atoms with E-state index in [0.717, 1.165) is 38.8 Å². The number of carbonyl (C=O) groups excluding carboxylic acids is 1. The lowest BCUT2D eigenvalue weighted by atomic mass is 10.2. The number of ether oxygens (including phenoxy) is 1. The largest absolute Gasteiger partial charge is 0.376 e. The molecule has 0 spiro atoms. The lowest BCUT2D eigenvalue weighted by molar-refractivity contribution is -0.133. The Morgan fingerprint density at radius 3 is 3.05 bits per heavy atom. The van der Waals surface area contributed by atoms with E-state index in [-0.39, 0.29) is 12.0 Å². The lowest BCUT2D eigenvalue weighted by Crippen LogP contribution is -2.36. The van der Waals surface area contributed by atoms with Crippen LogP contribution in [0.1, 0.15) is 37.0 Å². The van der Waals surface area contributed by atoms with Gasteiger partial charge in [0.1, 0.15) is 0 Å². The Morgan fingerprint density at radius 1 is 1.50 bits per heavy atom. The summed E-state index contributed by atoms with van der Waals surface area (Å²) >= 11 is 1.70. The van der Waals surface area contributed by atoms with Gasteiger partial charge in [-0.2, -0.15) is 0 Å². The summed E-state index contributed by atoms with van der Waals surface area (Å²) < 4.78 is 5.67. The van der Waals surface area contributed by atoms with Crippen LogP contribution < -0.4 is 5.73 Å². The van der Waals surface area contributed by atoms with Crippen molar-refractivity contribution in [2.24, 2.45) is 5.73 Å². The highest BCUT2D eigenvalue weighted by atomic mass is 32.1. The predicted molar refractivity (Wildman–Crippen MR) is 81.6 cm³/mol. The molecule has 0 aromatic carbocycles. The zero-order valence-electron chi connectivity index (χ0n) is 11.9. The maximum atomic E-state index is 12.4. The number of hydrogen-bond donors (Lipinski definition) is 1. The van der Waals surface area contributed by atoms with Gasteiger partial charge in [0, 0.05) is 24.4 Å². The molecule has 1 unspecified atom stereocenters. The Kier molecular flexibility index (Phi) is 6.50. The standard InChI is InChI=1S/C15H24N2O2S/c16-8-2-1-7-15(18)17(11-13-5-3-9-19-13)12-14-6-4-10-20-14/h4,6,10,13H,1-3,5,7-9,11-12,16H2. The number of nitrogens with two attached hydrogens (primary N) is 1. The molecule has 5 heteroatoms. The van der Waals surface area contributed by atoms with E-state index in [1.54, 1.807) is 11.3 Å². The highest BCUT2D eigenvalue weighted by Crippen LogP contribution is 2.18. The molecule has 1 aliphatic heterocycles. The molecular weight excluding hydrogens is 272 g/mol.